The molecule has 1 aromatic heterocycles. The van der Waals surface area contributed by atoms with Crippen molar-refractivity contribution in [1.82, 2.24) is 9.88 Å². The summed E-state index contributed by atoms with van der Waals surface area (Å²) in [6.07, 6.45) is 4.37. The second-order valence-electron chi connectivity index (χ2n) is 5.01. The zero-order valence-electron chi connectivity index (χ0n) is 11.5. The van der Waals surface area contributed by atoms with Crippen LogP contribution in [0.15, 0.2) is 18.5 Å². The second-order valence-corrected chi connectivity index (χ2v) is 5.01. The van der Waals surface area contributed by atoms with E-state index in [1.807, 2.05) is 6.92 Å². The van der Waals surface area contributed by atoms with E-state index in [1.165, 1.54) is 4.90 Å². The van der Waals surface area contributed by atoms with Crippen molar-refractivity contribution in [1.29, 1.82) is 0 Å². The average molecular weight is 277 g/mol. The maximum absolute atomic E-state index is 12.0. The predicted molar refractivity (Wildman–Crippen MR) is 74.0 cm³/mol. The van der Waals surface area contributed by atoms with Crippen LogP contribution in [-0.4, -0.2) is 46.0 Å². The van der Waals surface area contributed by atoms with Crippen LogP contribution < -0.4 is 5.32 Å². The first-order valence-corrected chi connectivity index (χ1v) is 6.75. The number of aromatic nitrogens is 1. The maximum atomic E-state index is 12.0. The highest BCUT2D eigenvalue weighted by molar-refractivity contribution is 5.95. The number of carbonyl (C=O) groups excluding carboxylic acids is 2. The van der Waals surface area contributed by atoms with Crippen molar-refractivity contribution >= 4 is 17.5 Å². The largest absolute Gasteiger partial charge is 0.383 e. The first-order chi connectivity index (χ1) is 9.58. The zero-order valence-corrected chi connectivity index (χ0v) is 11.5. The SMILES string of the molecule is Cc1cnccc1NC(=O)CN1CCCCC(O)C1=O. The number of amides is 2. The summed E-state index contributed by atoms with van der Waals surface area (Å²) in [5.74, 6) is -0.620. The molecular weight excluding hydrogens is 258 g/mol. The van der Waals surface area contributed by atoms with E-state index >= 15 is 0 Å². The number of nitrogens with one attached hydrogen (secondary N) is 1. The molecular formula is C14H19N3O3. The number of likely N-dealkylation sites (tertiary alicyclic amines) is 1. The number of aliphatic hydroxyl groups excluding tert-OH is 1. The molecule has 2 heterocycles. The van der Waals surface area contributed by atoms with Crippen molar-refractivity contribution < 1.29 is 14.7 Å². The summed E-state index contributed by atoms with van der Waals surface area (Å²) in [5, 5.41) is 12.4. The minimum absolute atomic E-state index is 0.0301. The zero-order chi connectivity index (χ0) is 14.5. The van der Waals surface area contributed by atoms with Gasteiger partial charge in [-0.3, -0.25) is 14.6 Å². The van der Waals surface area contributed by atoms with Crippen LogP contribution in [0, 0.1) is 6.92 Å². The Labute approximate surface area is 117 Å². The Morgan fingerprint density at radius 3 is 3.10 bits per heavy atom. The standard InChI is InChI=1S/C14H19N3O3/c1-10-8-15-6-5-11(10)16-13(19)9-17-7-3-2-4-12(18)14(17)20/h5-6,8,12,18H,2-4,7,9H2,1H3,(H,15,16,19). The monoisotopic (exact) mass is 277 g/mol. The molecule has 0 radical (unpaired) electrons. The van der Waals surface area contributed by atoms with Crippen molar-refractivity contribution in [3.8, 4) is 0 Å². The van der Waals surface area contributed by atoms with Gasteiger partial charge in [-0.1, -0.05) is 0 Å². The van der Waals surface area contributed by atoms with E-state index in [0.29, 0.717) is 18.7 Å². The van der Waals surface area contributed by atoms with Gasteiger partial charge in [0.2, 0.25) is 5.91 Å². The van der Waals surface area contributed by atoms with Gasteiger partial charge in [-0.05, 0) is 37.8 Å². The van der Waals surface area contributed by atoms with Gasteiger partial charge in [-0.15, -0.1) is 0 Å². The van der Waals surface area contributed by atoms with Gasteiger partial charge in [0.05, 0.1) is 6.54 Å². The molecule has 2 rings (SSSR count). The number of aliphatic hydroxyl groups is 1. The van der Waals surface area contributed by atoms with E-state index in [-0.39, 0.29) is 18.4 Å². The number of aryl methyl sites for hydroxylation is 1. The molecule has 2 N–H and O–H groups in total. The maximum Gasteiger partial charge on any atom is 0.251 e. The van der Waals surface area contributed by atoms with Gasteiger partial charge >= 0.3 is 0 Å². The van der Waals surface area contributed by atoms with Crippen LogP contribution in [0.5, 0.6) is 0 Å². The summed E-state index contributed by atoms with van der Waals surface area (Å²) >= 11 is 0. The quantitative estimate of drug-likeness (QED) is 0.852. The van der Waals surface area contributed by atoms with E-state index < -0.39 is 6.10 Å². The lowest BCUT2D eigenvalue weighted by molar-refractivity contribution is -0.141. The summed E-state index contributed by atoms with van der Waals surface area (Å²) in [7, 11) is 0. The summed E-state index contributed by atoms with van der Waals surface area (Å²) in [5.41, 5.74) is 1.55. The molecule has 0 spiro atoms. The minimum Gasteiger partial charge on any atom is -0.383 e. The van der Waals surface area contributed by atoms with Gasteiger partial charge in [0.15, 0.2) is 0 Å². The van der Waals surface area contributed by atoms with Crippen LogP contribution in [0.1, 0.15) is 24.8 Å². The number of hydrogen-bond acceptors (Lipinski definition) is 4. The fourth-order valence-electron chi connectivity index (χ4n) is 2.22. The van der Waals surface area contributed by atoms with Crippen molar-refractivity contribution in [3.63, 3.8) is 0 Å². The molecule has 6 nitrogen and oxygen atoms in total. The highest BCUT2D eigenvalue weighted by atomic mass is 16.3. The van der Waals surface area contributed by atoms with E-state index in [1.54, 1.807) is 18.5 Å². The first-order valence-electron chi connectivity index (χ1n) is 6.75. The average Bonchev–Trinajstić information content (AvgIpc) is 2.57. The van der Waals surface area contributed by atoms with E-state index in [0.717, 1.165) is 18.4 Å². The molecule has 2 amide bonds. The lowest BCUT2D eigenvalue weighted by Gasteiger charge is -2.21. The number of rotatable bonds is 3. The van der Waals surface area contributed by atoms with E-state index in [9.17, 15) is 14.7 Å². The fourth-order valence-corrected chi connectivity index (χ4v) is 2.22. The normalized spacial score (nSPS) is 19.6. The predicted octanol–water partition coefficient (Wildman–Crippen LogP) is 0.702. The highest BCUT2D eigenvalue weighted by Crippen LogP contribution is 2.14. The smallest absolute Gasteiger partial charge is 0.251 e. The van der Waals surface area contributed by atoms with Crippen LogP contribution in [0.3, 0.4) is 0 Å². The van der Waals surface area contributed by atoms with Crippen LogP contribution >= 0.6 is 0 Å². The molecule has 1 fully saturated rings. The topological polar surface area (TPSA) is 82.5 Å². The van der Waals surface area contributed by atoms with Crippen LogP contribution in [0.25, 0.3) is 0 Å². The van der Waals surface area contributed by atoms with Crippen LogP contribution in [-0.2, 0) is 9.59 Å². The second kappa shape index (κ2) is 6.47. The molecule has 6 heteroatoms. The fraction of sp³-hybridized carbons (Fsp3) is 0.500. The van der Waals surface area contributed by atoms with E-state index in [2.05, 4.69) is 10.3 Å². The third-order valence-corrected chi connectivity index (χ3v) is 3.38. The molecule has 1 saturated heterocycles. The molecule has 1 aliphatic rings. The molecule has 1 aliphatic heterocycles. The lowest BCUT2D eigenvalue weighted by Crippen LogP contribution is -2.42. The van der Waals surface area contributed by atoms with Crippen molar-refractivity contribution in [2.45, 2.75) is 32.3 Å². The molecule has 0 bridgehead atoms. The minimum atomic E-state index is -0.979. The Morgan fingerprint density at radius 2 is 2.35 bits per heavy atom. The number of anilines is 1. The van der Waals surface area contributed by atoms with Crippen molar-refractivity contribution in [2.75, 3.05) is 18.4 Å². The van der Waals surface area contributed by atoms with Gasteiger partial charge in [-0.2, -0.15) is 0 Å². The molecule has 20 heavy (non-hydrogen) atoms. The lowest BCUT2D eigenvalue weighted by atomic mass is 10.2. The number of hydrogen-bond donors (Lipinski definition) is 2. The van der Waals surface area contributed by atoms with Gasteiger partial charge in [0.1, 0.15) is 6.10 Å². The molecule has 1 atom stereocenters. The summed E-state index contributed by atoms with van der Waals surface area (Å²) in [6, 6.07) is 1.71. The first kappa shape index (κ1) is 14.5. The van der Waals surface area contributed by atoms with Gasteiger partial charge in [-0.25, -0.2) is 0 Å². The van der Waals surface area contributed by atoms with Gasteiger partial charge < -0.3 is 15.3 Å². The Bertz CT molecular complexity index is 504. The van der Waals surface area contributed by atoms with Gasteiger partial charge in [0, 0.05) is 24.6 Å². The third-order valence-electron chi connectivity index (χ3n) is 3.38. The number of carbonyl (C=O) groups is 2. The van der Waals surface area contributed by atoms with Gasteiger partial charge in [0.25, 0.3) is 5.91 Å². The molecule has 0 aliphatic carbocycles. The number of nitrogens with zero attached hydrogens (tertiary/aromatic N) is 2. The molecule has 0 aromatic carbocycles. The van der Waals surface area contributed by atoms with Crippen molar-refractivity contribution in [3.05, 3.63) is 24.0 Å². The Balaban J connectivity index is 1.97. The summed E-state index contributed by atoms with van der Waals surface area (Å²) in [6.45, 7) is 2.33. The number of pyridine rings is 1. The summed E-state index contributed by atoms with van der Waals surface area (Å²) in [4.78, 5) is 29.2. The molecule has 108 valence electrons. The summed E-state index contributed by atoms with van der Waals surface area (Å²) < 4.78 is 0. The Morgan fingerprint density at radius 1 is 1.55 bits per heavy atom. The van der Waals surface area contributed by atoms with Crippen molar-refractivity contribution in [2.24, 2.45) is 0 Å². The Kier molecular flexibility index (Phi) is 4.68. The molecule has 1 unspecified atom stereocenters. The molecule has 0 saturated carbocycles. The highest BCUT2D eigenvalue weighted by Gasteiger charge is 2.26. The molecule has 1 aromatic rings. The van der Waals surface area contributed by atoms with E-state index in [4.69, 9.17) is 0 Å². The third kappa shape index (κ3) is 3.54. The van der Waals surface area contributed by atoms with Crippen LogP contribution in [0.4, 0.5) is 5.69 Å². The van der Waals surface area contributed by atoms with Crippen LogP contribution in [0.2, 0.25) is 0 Å². The Hall–Kier alpha value is -1.95.